The van der Waals surface area contributed by atoms with Crippen LogP contribution >= 0.6 is 11.3 Å². The summed E-state index contributed by atoms with van der Waals surface area (Å²) in [7, 11) is 0. The number of aryl methyl sites for hydroxylation is 1. The number of nitrogens with zero attached hydrogens (tertiary/aromatic N) is 1. The van der Waals surface area contributed by atoms with Crippen molar-refractivity contribution in [2.75, 3.05) is 6.61 Å². The fraction of sp³-hybridized carbons (Fsp3) is 0.500. The molecule has 0 saturated heterocycles. The van der Waals surface area contributed by atoms with Gasteiger partial charge in [-0.1, -0.05) is 11.3 Å². The van der Waals surface area contributed by atoms with Crippen molar-refractivity contribution in [3.05, 3.63) is 20.7 Å². The standard InChI is InChI=1S/C8H12N2O3S/c1-3-13-9-7(11)4-10-6(2)5-14-8(10)12/h5H,3-4H2,1-2H3,(H,9,11). The van der Waals surface area contributed by atoms with Crippen LogP contribution < -0.4 is 10.4 Å². The van der Waals surface area contributed by atoms with Gasteiger partial charge in [-0.3, -0.25) is 19.0 Å². The molecule has 0 bridgehead atoms. The molecule has 78 valence electrons. The lowest BCUT2D eigenvalue weighted by Crippen LogP contribution is -2.31. The minimum Gasteiger partial charge on any atom is -0.294 e. The topological polar surface area (TPSA) is 60.3 Å². The molecular formula is C8H12N2O3S. The Labute approximate surface area is 85.3 Å². The van der Waals surface area contributed by atoms with E-state index in [1.165, 1.54) is 4.57 Å². The lowest BCUT2D eigenvalue weighted by molar-refractivity contribution is -0.133. The number of carbonyl (C=O) groups is 1. The van der Waals surface area contributed by atoms with Crippen molar-refractivity contribution in [3.8, 4) is 0 Å². The van der Waals surface area contributed by atoms with Gasteiger partial charge in [-0.15, -0.1) is 0 Å². The summed E-state index contributed by atoms with van der Waals surface area (Å²) in [6.07, 6.45) is 0. The van der Waals surface area contributed by atoms with Gasteiger partial charge in [0.15, 0.2) is 0 Å². The second kappa shape index (κ2) is 4.92. The van der Waals surface area contributed by atoms with Gasteiger partial charge in [0.1, 0.15) is 6.54 Å². The maximum Gasteiger partial charge on any atom is 0.307 e. The van der Waals surface area contributed by atoms with Gasteiger partial charge in [-0.05, 0) is 13.8 Å². The van der Waals surface area contributed by atoms with E-state index in [0.717, 1.165) is 17.0 Å². The lowest BCUT2D eigenvalue weighted by atomic mass is 10.5. The molecule has 0 radical (unpaired) electrons. The summed E-state index contributed by atoms with van der Waals surface area (Å²) in [4.78, 5) is 27.0. The van der Waals surface area contributed by atoms with Crippen LogP contribution in [0.2, 0.25) is 0 Å². The molecule has 0 aliphatic carbocycles. The Morgan fingerprint density at radius 2 is 2.43 bits per heavy atom. The van der Waals surface area contributed by atoms with Crippen molar-refractivity contribution in [2.24, 2.45) is 0 Å². The molecule has 1 rings (SSSR count). The van der Waals surface area contributed by atoms with E-state index < -0.39 is 0 Å². The zero-order valence-electron chi connectivity index (χ0n) is 8.07. The third kappa shape index (κ3) is 2.68. The van der Waals surface area contributed by atoms with Gasteiger partial charge < -0.3 is 0 Å². The molecule has 1 N–H and O–H groups in total. The second-order valence-electron chi connectivity index (χ2n) is 2.69. The summed E-state index contributed by atoms with van der Waals surface area (Å²) in [6.45, 7) is 3.96. The number of hydroxylamine groups is 1. The van der Waals surface area contributed by atoms with Crippen LogP contribution in [0.15, 0.2) is 10.2 Å². The summed E-state index contributed by atoms with van der Waals surface area (Å²) in [5, 5.41) is 1.72. The van der Waals surface area contributed by atoms with Gasteiger partial charge in [0.2, 0.25) is 0 Å². The highest BCUT2D eigenvalue weighted by Crippen LogP contribution is 1.98. The first-order valence-electron chi connectivity index (χ1n) is 4.20. The average molecular weight is 216 g/mol. The predicted octanol–water partition coefficient (Wildman–Crippen LogP) is 0.286. The Kier molecular flexibility index (Phi) is 3.84. The van der Waals surface area contributed by atoms with E-state index in [1.807, 2.05) is 0 Å². The van der Waals surface area contributed by atoms with Gasteiger partial charge >= 0.3 is 4.87 Å². The number of hydrogen-bond acceptors (Lipinski definition) is 4. The molecule has 0 atom stereocenters. The molecule has 1 heterocycles. The van der Waals surface area contributed by atoms with E-state index in [0.29, 0.717) is 6.61 Å². The van der Waals surface area contributed by atoms with E-state index in [4.69, 9.17) is 4.84 Å². The monoisotopic (exact) mass is 216 g/mol. The van der Waals surface area contributed by atoms with Crippen LogP contribution in [0.25, 0.3) is 0 Å². The molecule has 1 aromatic rings. The lowest BCUT2D eigenvalue weighted by Gasteiger charge is -2.04. The first-order valence-corrected chi connectivity index (χ1v) is 5.08. The molecule has 14 heavy (non-hydrogen) atoms. The number of hydrogen-bond donors (Lipinski definition) is 1. The van der Waals surface area contributed by atoms with Gasteiger partial charge in [-0.2, -0.15) is 0 Å². The van der Waals surface area contributed by atoms with Gasteiger partial charge in [0.05, 0.1) is 6.61 Å². The van der Waals surface area contributed by atoms with E-state index in [9.17, 15) is 9.59 Å². The maximum absolute atomic E-state index is 11.2. The summed E-state index contributed by atoms with van der Waals surface area (Å²) in [5.74, 6) is -0.324. The van der Waals surface area contributed by atoms with Crippen molar-refractivity contribution >= 4 is 17.2 Å². The van der Waals surface area contributed by atoms with E-state index in [2.05, 4.69) is 5.48 Å². The van der Waals surface area contributed by atoms with Crippen molar-refractivity contribution < 1.29 is 9.63 Å². The van der Waals surface area contributed by atoms with Crippen molar-refractivity contribution in [1.82, 2.24) is 10.0 Å². The number of thiazole rings is 1. The number of aromatic nitrogens is 1. The van der Waals surface area contributed by atoms with Crippen LogP contribution in [-0.4, -0.2) is 17.1 Å². The first-order chi connectivity index (χ1) is 6.65. The van der Waals surface area contributed by atoms with Crippen molar-refractivity contribution in [3.63, 3.8) is 0 Å². The average Bonchev–Trinajstić information content (AvgIpc) is 2.46. The van der Waals surface area contributed by atoms with Crippen LogP contribution in [0.4, 0.5) is 0 Å². The molecule has 6 heteroatoms. The number of rotatable bonds is 4. The predicted molar refractivity (Wildman–Crippen MR) is 53.1 cm³/mol. The SMILES string of the molecule is CCONC(=O)Cn1c(C)csc1=O. The smallest absolute Gasteiger partial charge is 0.294 e. The highest BCUT2D eigenvalue weighted by Gasteiger charge is 2.07. The first kappa shape index (κ1) is 10.9. The van der Waals surface area contributed by atoms with Crippen LogP contribution in [0.5, 0.6) is 0 Å². The van der Waals surface area contributed by atoms with E-state index >= 15 is 0 Å². The minimum absolute atomic E-state index is 0.00810. The van der Waals surface area contributed by atoms with E-state index in [1.54, 1.807) is 19.2 Å². The molecule has 0 aliphatic rings. The molecule has 0 aromatic carbocycles. The third-order valence-electron chi connectivity index (χ3n) is 1.61. The Balaban J connectivity index is 2.60. The summed E-state index contributed by atoms with van der Waals surface area (Å²) < 4.78 is 1.40. The normalized spacial score (nSPS) is 10.1. The highest BCUT2D eigenvalue weighted by atomic mass is 32.1. The quantitative estimate of drug-likeness (QED) is 0.736. The largest absolute Gasteiger partial charge is 0.307 e. The molecule has 0 aliphatic heterocycles. The van der Waals surface area contributed by atoms with Gasteiger partial charge in [-0.25, -0.2) is 5.48 Å². The summed E-state index contributed by atoms with van der Waals surface area (Å²) in [6, 6.07) is 0. The Morgan fingerprint density at radius 3 is 2.93 bits per heavy atom. The van der Waals surface area contributed by atoms with Crippen LogP contribution in [-0.2, 0) is 16.2 Å². The van der Waals surface area contributed by atoms with Crippen LogP contribution in [0.3, 0.4) is 0 Å². The Bertz CT molecular complexity index is 369. The molecule has 0 spiro atoms. The Morgan fingerprint density at radius 1 is 1.71 bits per heavy atom. The Hall–Kier alpha value is -1.14. The highest BCUT2D eigenvalue weighted by molar-refractivity contribution is 7.07. The van der Waals surface area contributed by atoms with Crippen molar-refractivity contribution in [1.29, 1.82) is 0 Å². The van der Waals surface area contributed by atoms with Crippen LogP contribution in [0, 0.1) is 6.92 Å². The van der Waals surface area contributed by atoms with E-state index in [-0.39, 0.29) is 17.3 Å². The zero-order valence-corrected chi connectivity index (χ0v) is 8.89. The molecule has 1 amide bonds. The molecule has 0 fully saturated rings. The van der Waals surface area contributed by atoms with Crippen LogP contribution in [0.1, 0.15) is 12.6 Å². The number of amides is 1. The molecule has 5 nitrogen and oxygen atoms in total. The molecule has 1 aromatic heterocycles. The maximum atomic E-state index is 11.2. The number of carbonyl (C=O) groups excluding carboxylic acids is 1. The summed E-state index contributed by atoms with van der Waals surface area (Å²) >= 11 is 1.08. The minimum atomic E-state index is -0.324. The van der Waals surface area contributed by atoms with Gasteiger partial charge in [0.25, 0.3) is 5.91 Å². The van der Waals surface area contributed by atoms with Crippen molar-refractivity contribution in [2.45, 2.75) is 20.4 Å². The number of nitrogens with one attached hydrogen (secondary N) is 1. The fourth-order valence-electron chi connectivity index (χ4n) is 0.925. The molecule has 0 saturated carbocycles. The second-order valence-corrected chi connectivity index (χ2v) is 3.51. The molecular weight excluding hydrogens is 204 g/mol. The summed E-state index contributed by atoms with van der Waals surface area (Å²) in [5.41, 5.74) is 3.01. The zero-order chi connectivity index (χ0) is 10.6. The fourth-order valence-corrected chi connectivity index (χ4v) is 1.66. The third-order valence-corrected chi connectivity index (χ3v) is 2.49. The van der Waals surface area contributed by atoms with Gasteiger partial charge in [0, 0.05) is 11.1 Å². The molecule has 0 unspecified atom stereocenters.